The van der Waals surface area contributed by atoms with Crippen molar-refractivity contribution < 1.29 is 4.79 Å². The fraction of sp³-hybridized carbons (Fsp3) is 0.533. The molecule has 0 bridgehead atoms. The van der Waals surface area contributed by atoms with Gasteiger partial charge in [0.2, 0.25) is 0 Å². The Balaban J connectivity index is 1.95. The molecule has 0 spiro atoms. The Morgan fingerprint density at radius 3 is 3.11 bits per heavy atom. The molecule has 0 aliphatic carbocycles. The molecule has 2 N–H and O–H groups in total. The van der Waals surface area contributed by atoms with Gasteiger partial charge in [0.1, 0.15) is 0 Å². The number of benzene rings is 1. The lowest BCUT2D eigenvalue weighted by atomic mass is 10.1. The normalized spacial score (nSPS) is 18.9. The van der Waals surface area contributed by atoms with E-state index in [0.717, 1.165) is 30.0 Å². The molecule has 1 atom stereocenters. The molecule has 1 aromatic carbocycles. The first-order valence-electron chi connectivity index (χ1n) is 7.02. The van der Waals surface area contributed by atoms with Crippen molar-refractivity contribution in [3.63, 3.8) is 0 Å². The number of nitrogens with one attached hydrogen (secondary N) is 2. The maximum absolute atomic E-state index is 11.9. The van der Waals surface area contributed by atoms with Gasteiger partial charge in [-0.15, -0.1) is 0 Å². The minimum Gasteiger partial charge on any atom is -0.381 e. The Bertz CT molecular complexity index is 416. The molecule has 4 heteroatoms. The zero-order valence-electron chi connectivity index (χ0n) is 11.4. The number of thioether (sulfide) groups is 1. The van der Waals surface area contributed by atoms with Crippen molar-refractivity contribution in [3.8, 4) is 0 Å². The summed E-state index contributed by atoms with van der Waals surface area (Å²) in [4.78, 5) is 11.9. The number of hydrogen-bond donors (Lipinski definition) is 2. The first-order chi connectivity index (χ1) is 9.29. The predicted octanol–water partition coefficient (Wildman–Crippen LogP) is 3.13. The van der Waals surface area contributed by atoms with E-state index in [1.807, 2.05) is 36.0 Å². The van der Waals surface area contributed by atoms with Gasteiger partial charge >= 0.3 is 0 Å². The molecule has 104 valence electrons. The summed E-state index contributed by atoms with van der Waals surface area (Å²) in [5.41, 5.74) is 1.79. The van der Waals surface area contributed by atoms with Crippen LogP contribution in [-0.4, -0.2) is 30.0 Å². The van der Waals surface area contributed by atoms with Gasteiger partial charge in [-0.05, 0) is 43.2 Å². The van der Waals surface area contributed by atoms with Crippen LogP contribution >= 0.6 is 11.8 Å². The Hall–Kier alpha value is -1.16. The van der Waals surface area contributed by atoms with Gasteiger partial charge in [-0.2, -0.15) is 11.8 Å². The van der Waals surface area contributed by atoms with Gasteiger partial charge in [-0.3, -0.25) is 4.79 Å². The van der Waals surface area contributed by atoms with Gasteiger partial charge in [-0.1, -0.05) is 13.0 Å². The van der Waals surface area contributed by atoms with Crippen LogP contribution in [0.15, 0.2) is 24.3 Å². The summed E-state index contributed by atoms with van der Waals surface area (Å²) >= 11 is 2.00. The third-order valence-electron chi connectivity index (χ3n) is 3.19. The lowest BCUT2D eigenvalue weighted by Gasteiger charge is -2.23. The summed E-state index contributed by atoms with van der Waals surface area (Å²) in [6.45, 7) is 2.79. The number of carbonyl (C=O) groups is 1. The molecule has 1 aliphatic rings. The van der Waals surface area contributed by atoms with Gasteiger partial charge in [0.05, 0.1) is 0 Å². The second-order valence-corrected chi connectivity index (χ2v) is 6.04. The SMILES string of the molecule is CCCNC(=O)c1cccc(NC2CCCSC2)c1. The summed E-state index contributed by atoms with van der Waals surface area (Å²) in [6, 6.07) is 8.33. The molecule has 1 fully saturated rings. The number of amides is 1. The minimum absolute atomic E-state index is 0.0171. The Kier molecular flexibility index (Phi) is 5.58. The molecule has 1 aromatic rings. The van der Waals surface area contributed by atoms with E-state index >= 15 is 0 Å². The van der Waals surface area contributed by atoms with Crippen LogP contribution in [0.25, 0.3) is 0 Å². The van der Waals surface area contributed by atoms with Crippen molar-refractivity contribution in [3.05, 3.63) is 29.8 Å². The molecule has 3 nitrogen and oxygen atoms in total. The van der Waals surface area contributed by atoms with Crippen molar-refractivity contribution in [1.82, 2.24) is 5.32 Å². The van der Waals surface area contributed by atoms with Crippen molar-refractivity contribution in [1.29, 1.82) is 0 Å². The van der Waals surface area contributed by atoms with Gasteiger partial charge < -0.3 is 10.6 Å². The Morgan fingerprint density at radius 2 is 2.37 bits per heavy atom. The van der Waals surface area contributed by atoms with E-state index in [2.05, 4.69) is 17.6 Å². The number of carbonyl (C=O) groups excluding carboxylic acids is 1. The number of hydrogen-bond acceptors (Lipinski definition) is 3. The van der Waals surface area contributed by atoms with E-state index in [-0.39, 0.29) is 5.91 Å². The standard InChI is InChI=1S/C15H22N2OS/c1-2-8-16-15(18)12-5-3-6-13(10-12)17-14-7-4-9-19-11-14/h3,5-6,10,14,17H,2,4,7-9,11H2,1H3,(H,16,18). The third-order valence-corrected chi connectivity index (χ3v) is 4.41. The van der Waals surface area contributed by atoms with Crippen molar-refractivity contribution >= 4 is 23.4 Å². The Morgan fingerprint density at radius 1 is 1.47 bits per heavy atom. The van der Waals surface area contributed by atoms with Crippen LogP contribution in [-0.2, 0) is 0 Å². The van der Waals surface area contributed by atoms with Gasteiger partial charge in [-0.25, -0.2) is 0 Å². The van der Waals surface area contributed by atoms with Crippen LogP contribution in [0.2, 0.25) is 0 Å². The van der Waals surface area contributed by atoms with Crippen molar-refractivity contribution in [2.24, 2.45) is 0 Å². The lowest BCUT2D eigenvalue weighted by molar-refractivity contribution is 0.0953. The molecule has 1 aliphatic heterocycles. The van der Waals surface area contributed by atoms with Crippen LogP contribution in [0.1, 0.15) is 36.5 Å². The topological polar surface area (TPSA) is 41.1 Å². The fourth-order valence-corrected chi connectivity index (χ4v) is 3.25. The summed E-state index contributed by atoms with van der Waals surface area (Å²) in [6.07, 6.45) is 3.46. The largest absolute Gasteiger partial charge is 0.381 e. The second kappa shape index (κ2) is 7.43. The van der Waals surface area contributed by atoms with Crippen molar-refractivity contribution in [2.45, 2.75) is 32.2 Å². The second-order valence-electron chi connectivity index (χ2n) is 4.90. The van der Waals surface area contributed by atoms with E-state index in [4.69, 9.17) is 0 Å². The molecular weight excluding hydrogens is 256 g/mol. The van der Waals surface area contributed by atoms with Gasteiger partial charge in [0.25, 0.3) is 5.91 Å². The minimum atomic E-state index is 0.0171. The molecule has 0 aromatic heterocycles. The first-order valence-corrected chi connectivity index (χ1v) is 8.17. The highest BCUT2D eigenvalue weighted by Gasteiger charge is 2.13. The van der Waals surface area contributed by atoms with Crippen LogP contribution < -0.4 is 10.6 Å². The van der Waals surface area contributed by atoms with Crippen LogP contribution in [0.3, 0.4) is 0 Å². The summed E-state index contributed by atoms with van der Waals surface area (Å²) in [5.74, 6) is 2.45. The zero-order chi connectivity index (χ0) is 13.5. The number of anilines is 1. The van der Waals surface area contributed by atoms with Crippen molar-refractivity contribution in [2.75, 3.05) is 23.4 Å². The van der Waals surface area contributed by atoms with Gasteiger partial charge in [0.15, 0.2) is 0 Å². The molecule has 2 rings (SSSR count). The summed E-state index contributed by atoms with van der Waals surface area (Å²) in [7, 11) is 0. The first kappa shape index (κ1) is 14.3. The smallest absolute Gasteiger partial charge is 0.251 e. The highest BCUT2D eigenvalue weighted by atomic mass is 32.2. The molecule has 1 saturated heterocycles. The molecule has 0 radical (unpaired) electrons. The molecular formula is C15H22N2OS. The average Bonchev–Trinajstić information content (AvgIpc) is 2.46. The third kappa shape index (κ3) is 4.46. The van der Waals surface area contributed by atoms with E-state index in [1.54, 1.807) is 0 Å². The molecule has 1 heterocycles. The summed E-state index contributed by atoms with van der Waals surface area (Å²) < 4.78 is 0. The lowest BCUT2D eigenvalue weighted by Crippen LogP contribution is -2.26. The molecule has 1 unspecified atom stereocenters. The van der Waals surface area contributed by atoms with E-state index in [9.17, 15) is 4.79 Å². The predicted molar refractivity (Wildman–Crippen MR) is 83.0 cm³/mol. The van der Waals surface area contributed by atoms with E-state index in [1.165, 1.54) is 18.6 Å². The van der Waals surface area contributed by atoms with E-state index < -0.39 is 0 Å². The van der Waals surface area contributed by atoms with Gasteiger partial charge in [0, 0.05) is 29.6 Å². The highest BCUT2D eigenvalue weighted by Crippen LogP contribution is 2.21. The van der Waals surface area contributed by atoms with Crippen LogP contribution in [0.4, 0.5) is 5.69 Å². The fourth-order valence-electron chi connectivity index (χ4n) is 2.18. The molecule has 19 heavy (non-hydrogen) atoms. The summed E-state index contributed by atoms with van der Waals surface area (Å²) in [5, 5.41) is 6.44. The van der Waals surface area contributed by atoms with E-state index in [0.29, 0.717) is 6.04 Å². The molecule has 0 saturated carbocycles. The highest BCUT2D eigenvalue weighted by molar-refractivity contribution is 7.99. The monoisotopic (exact) mass is 278 g/mol. The van der Waals surface area contributed by atoms with Crippen LogP contribution in [0, 0.1) is 0 Å². The molecule has 1 amide bonds. The maximum Gasteiger partial charge on any atom is 0.251 e. The van der Waals surface area contributed by atoms with Crippen LogP contribution in [0.5, 0.6) is 0 Å². The zero-order valence-corrected chi connectivity index (χ0v) is 12.3. The Labute approximate surface area is 119 Å². The maximum atomic E-state index is 11.9. The quantitative estimate of drug-likeness (QED) is 0.869. The average molecular weight is 278 g/mol. The number of rotatable bonds is 5.